The summed E-state index contributed by atoms with van der Waals surface area (Å²) in [5.74, 6) is 0.678. The Hall–Kier alpha value is -3.25. The largest absolute Gasteiger partial charge is 0.508 e. The van der Waals surface area contributed by atoms with E-state index < -0.39 is 10.0 Å². The fraction of sp³-hybridized carbons (Fsp3) is 0.231. The molecule has 1 aliphatic carbocycles. The lowest BCUT2D eigenvalue weighted by atomic mass is 9.77. The second-order valence-electron chi connectivity index (χ2n) is 8.72. The van der Waals surface area contributed by atoms with Gasteiger partial charge in [-0.1, -0.05) is 30.4 Å². The fourth-order valence-electron chi connectivity index (χ4n) is 4.77. The van der Waals surface area contributed by atoms with Gasteiger partial charge in [0.25, 0.3) is 10.0 Å². The molecule has 0 bridgehead atoms. The summed E-state index contributed by atoms with van der Waals surface area (Å²) in [5, 5.41) is 13.3. The minimum atomic E-state index is -3.71. The predicted octanol–water partition coefficient (Wildman–Crippen LogP) is 5.64. The Morgan fingerprint density at radius 2 is 1.75 bits per heavy atom. The van der Waals surface area contributed by atoms with E-state index in [0.29, 0.717) is 5.69 Å². The van der Waals surface area contributed by atoms with Crippen molar-refractivity contribution in [3.05, 3.63) is 95.1 Å². The molecule has 2 aliphatic rings. The van der Waals surface area contributed by atoms with E-state index in [2.05, 4.69) is 22.2 Å². The smallest absolute Gasteiger partial charge is 0.261 e. The Morgan fingerprint density at radius 1 is 0.969 bits per heavy atom. The van der Waals surface area contributed by atoms with Crippen LogP contribution < -0.4 is 10.0 Å². The number of fused-ring (bicyclic) bond motifs is 3. The summed E-state index contributed by atoms with van der Waals surface area (Å²) in [7, 11) is -3.71. The van der Waals surface area contributed by atoms with Crippen molar-refractivity contribution >= 4 is 21.4 Å². The van der Waals surface area contributed by atoms with Crippen molar-refractivity contribution in [2.24, 2.45) is 5.92 Å². The van der Waals surface area contributed by atoms with Crippen molar-refractivity contribution in [3.8, 4) is 5.75 Å². The average Bonchev–Trinajstić information content (AvgIpc) is 3.26. The molecular formula is C26H26N2O3S. The monoisotopic (exact) mass is 446 g/mol. The van der Waals surface area contributed by atoms with Crippen molar-refractivity contribution < 1.29 is 13.5 Å². The Bertz CT molecular complexity index is 1310. The normalized spacial score (nSPS) is 21.5. The van der Waals surface area contributed by atoms with Gasteiger partial charge in [-0.15, -0.1) is 0 Å². The molecule has 0 saturated carbocycles. The molecule has 0 saturated heterocycles. The number of rotatable bonds is 4. The molecule has 0 amide bonds. The fourth-order valence-corrected chi connectivity index (χ4v) is 5.85. The molecular weight excluding hydrogens is 420 g/mol. The van der Waals surface area contributed by atoms with Gasteiger partial charge in [0.05, 0.1) is 10.9 Å². The third-order valence-electron chi connectivity index (χ3n) is 6.66. The highest BCUT2D eigenvalue weighted by Crippen LogP contribution is 2.50. The van der Waals surface area contributed by atoms with Gasteiger partial charge in [-0.25, -0.2) is 8.42 Å². The SMILES string of the molecule is Cc1ccc(NS(=O)(=O)c2ccc3c(c2)C2C=CCC2C(c2ccc(O)cc2)N3)cc1C. The molecule has 3 aromatic rings. The van der Waals surface area contributed by atoms with Gasteiger partial charge in [-0.2, -0.15) is 0 Å². The van der Waals surface area contributed by atoms with E-state index in [4.69, 9.17) is 0 Å². The number of sulfonamides is 1. The zero-order valence-electron chi connectivity index (χ0n) is 18.0. The molecule has 0 aromatic heterocycles. The summed E-state index contributed by atoms with van der Waals surface area (Å²) in [6.45, 7) is 3.97. The lowest BCUT2D eigenvalue weighted by Gasteiger charge is -2.37. The van der Waals surface area contributed by atoms with Crippen LogP contribution >= 0.6 is 0 Å². The van der Waals surface area contributed by atoms with Gasteiger partial charge in [0, 0.05) is 17.3 Å². The van der Waals surface area contributed by atoms with Crippen LogP contribution in [0, 0.1) is 19.8 Å². The molecule has 1 heterocycles. The summed E-state index contributed by atoms with van der Waals surface area (Å²) in [4.78, 5) is 0.262. The van der Waals surface area contributed by atoms with Gasteiger partial charge >= 0.3 is 0 Å². The first-order valence-corrected chi connectivity index (χ1v) is 12.3. The highest BCUT2D eigenvalue weighted by molar-refractivity contribution is 7.92. The van der Waals surface area contributed by atoms with E-state index in [1.807, 2.05) is 44.2 Å². The predicted molar refractivity (Wildman–Crippen MR) is 128 cm³/mol. The van der Waals surface area contributed by atoms with Gasteiger partial charge in [-0.3, -0.25) is 4.72 Å². The molecule has 5 rings (SSSR count). The second-order valence-corrected chi connectivity index (χ2v) is 10.4. The van der Waals surface area contributed by atoms with E-state index in [-0.39, 0.29) is 28.5 Å². The molecule has 0 fully saturated rings. The maximum Gasteiger partial charge on any atom is 0.261 e. The lowest BCUT2D eigenvalue weighted by Crippen LogP contribution is -2.29. The Morgan fingerprint density at radius 3 is 2.50 bits per heavy atom. The third kappa shape index (κ3) is 3.65. The number of hydrogen-bond acceptors (Lipinski definition) is 4. The van der Waals surface area contributed by atoms with Crippen LogP contribution in [0.4, 0.5) is 11.4 Å². The quantitative estimate of drug-likeness (QED) is 0.454. The van der Waals surface area contributed by atoms with Crippen molar-refractivity contribution in [1.82, 2.24) is 0 Å². The number of hydrogen-bond donors (Lipinski definition) is 3. The number of phenols is 1. The standard InChI is InChI=1S/C26H26N2O3S/c1-16-6-9-19(14-17(16)2)28-32(30,31)21-12-13-25-24(15-21)22-4-3-5-23(22)26(27-25)18-7-10-20(29)11-8-18/h3-4,6-15,22-23,26-29H,5H2,1-2H3. The van der Waals surface area contributed by atoms with Gasteiger partial charge in [-0.05, 0) is 90.9 Å². The van der Waals surface area contributed by atoms with Crippen molar-refractivity contribution in [3.63, 3.8) is 0 Å². The second kappa shape index (κ2) is 7.71. The van der Waals surface area contributed by atoms with E-state index in [0.717, 1.165) is 34.4 Å². The van der Waals surface area contributed by atoms with E-state index in [1.165, 1.54) is 0 Å². The summed E-state index contributed by atoms with van der Waals surface area (Å²) < 4.78 is 29.0. The Labute approximate surface area is 188 Å². The van der Waals surface area contributed by atoms with E-state index in [9.17, 15) is 13.5 Å². The summed E-state index contributed by atoms with van der Waals surface area (Å²) in [6.07, 6.45) is 5.28. The van der Waals surface area contributed by atoms with Crippen LogP contribution in [0.3, 0.4) is 0 Å². The maximum absolute atomic E-state index is 13.1. The molecule has 164 valence electrons. The van der Waals surface area contributed by atoms with Crippen LogP contribution in [0.25, 0.3) is 0 Å². The van der Waals surface area contributed by atoms with Gasteiger partial charge in [0.2, 0.25) is 0 Å². The minimum Gasteiger partial charge on any atom is -0.508 e. The topological polar surface area (TPSA) is 78.4 Å². The van der Waals surface area contributed by atoms with Gasteiger partial charge in [0.1, 0.15) is 5.75 Å². The molecule has 1 aliphatic heterocycles. The molecule has 6 heteroatoms. The first kappa shape index (κ1) is 20.6. The molecule has 32 heavy (non-hydrogen) atoms. The van der Waals surface area contributed by atoms with Crippen LogP contribution in [0.2, 0.25) is 0 Å². The summed E-state index contributed by atoms with van der Waals surface area (Å²) >= 11 is 0. The highest BCUT2D eigenvalue weighted by atomic mass is 32.2. The Kier molecular flexibility index (Phi) is 4.97. The molecule has 5 nitrogen and oxygen atoms in total. The van der Waals surface area contributed by atoms with Crippen molar-refractivity contribution in [2.45, 2.75) is 37.1 Å². The first-order valence-electron chi connectivity index (χ1n) is 10.8. The van der Waals surface area contributed by atoms with Crippen molar-refractivity contribution in [1.29, 1.82) is 0 Å². The summed E-state index contributed by atoms with van der Waals surface area (Å²) in [6, 6.07) is 18.3. The maximum atomic E-state index is 13.1. The summed E-state index contributed by atoms with van der Waals surface area (Å²) in [5.41, 5.74) is 5.78. The number of allylic oxidation sites excluding steroid dienone is 2. The van der Waals surface area contributed by atoms with Crippen LogP contribution in [-0.2, 0) is 10.0 Å². The number of benzene rings is 3. The van der Waals surface area contributed by atoms with E-state index >= 15 is 0 Å². The minimum absolute atomic E-state index is 0.0965. The Balaban J connectivity index is 1.48. The molecule has 0 spiro atoms. The molecule has 3 aromatic carbocycles. The number of anilines is 2. The third-order valence-corrected chi connectivity index (χ3v) is 8.03. The number of aromatic hydroxyl groups is 1. The molecule has 3 N–H and O–H groups in total. The van der Waals surface area contributed by atoms with Crippen LogP contribution in [0.5, 0.6) is 5.75 Å². The van der Waals surface area contributed by atoms with Crippen LogP contribution in [-0.4, -0.2) is 13.5 Å². The lowest BCUT2D eigenvalue weighted by molar-refractivity contribution is 0.424. The van der Waals surface area contributed by atoms with Crippen LogP contribution in [0.1, 0.15) is 40.6 Å². The van der Waals surface area contributed by atoms with Gasteiger partial charge < -0.3 is 10.4 Å². The first-order chi connectivity index (χ1) is 15.3. The van der Waals surface area contributed by atoms with Gasteiger partial charge in [0.15, 0.2) is 0 Å². The highest BCUT2D eigenvalue weighted by Gasteiger charge is 2.38. The number of aryl methyl sites for hydroxylation is 2. The zero-order valence-corrected chi connectivity index (χ0v) is 18.9. The van der Waals surface area contributed by atoms with E-state index in [1.54, 1.807) is 30.3 Å². The van der Waals surface area contributed by atoms with Crippen LogP contribution in [0.15, 0.2) is 77.7 Å². The van der Waals surface area contributed by atoms with Crippen molar-refractivity contribution in [2.75, 3.05) is 10.0 Å². The molecule has 3 atom stereocenters. The molecule has 0 radical (unpaired) electrons. The average molecular weight is 447 g/mol. The zero-order chi connectivity index (χ0) is 22.5. The number of phenolic OH excluding ortho intramolecular Hbond substituents is 1. The number of nitrogens with one attached hydrogen (secondary N) is 2. The molecule has 3 unspecified atom stereocenters.